The van der Waals surface area contributed by atoms with Gasteiger partial charge in [-0.1, -0.05) is 62.3 Å². The monoisotopic (exact) mass is 576 g/mol. The summed E-state index contributed by atoms with van der Waals surface area (Å²) in [6, 6.07) is 10.6. The number of halogens is 2. The number of rotatable bonds is 6. The Balaban J connectivity index is 2.00. The van der Waals surface area contributed by atoms with Crippen LogP contribution in [-0.4, -0.2) is 32.8 Å². The quantitative estimate of drug-likeness (QED) is 0.194. The number of hydrogen-bond donors (Lipinski definition) is 0. The number of hydrogen-bond acceptors (Lipinski definition) is 8. The molecule has 0 radical (unpaired) electrons. The van der Waals surface area contributed by atoms with Gasteiger partial charge < -0.3 is 9.47 Å². The predicted molar refractivity (Wildman–Crippen MR) is 138 cm³/mol. The highest BCUT2D eigenvalue weighted by Gasteiger charge is 2.37. The fourth-order valence-electron chi connectivity index (χ4n) is 3.60. The molecule has 8 nitrogen and oxygen atoms in total. The van der Waals surface area contributed by atoms with E-state index < -0.39 is 12.2 Å². The van der Waals surface area contributed by atoms with Gasteiger partial charge in [-0.3, -0.25) is 14.5 Å². The Morgan fingerprint density at radius 2 is 1.94 bits per heavy atom. The van der Waals surface area contributed by atoms with E-state index in [-0.39, 0.29) is 30.4 Å². The molecule has 1 atom stereocenters. The highest BCUT2D eigenvalue weighted by atomic mass is 79.9. The minimum atomic E-state index is -1.05. The summed E-state index contributed by atoms with van der Waals surface area (Å²) in [6.45, 7) is 5.45. The Hall–Kier alpha value is -2.69. The molecule has 0 aliphatic carbocycles. The van der Waals surface area contributed by atoms with E-state index in [1.54, 1.807) is 26.0 Å². The number of para-hydroxylation sites is 1. The molecule has 2 heterocycles. The van der Waals surface area contributed by atoms with Crippen LogP contribution in [0.2, 0.25) is 5.02 Å². The molecule has 2 aromatic carbocycles. The highest BCUT2D eigenvalue weighted by Crippen LogP contribution is 2.47. The topological polar surface area (TPSA) is 94.5 Å². The Morgan fingerprint density at radius 1 is 1.17 bits per heavy atom. The van der Waals surface area contributed by atoms with Crippen molar-refractivity contribution in [1.82, 2.24) is 15.2 Å². The number of amides is 1. The first-order valence-corrected chi connectivity index (χ1v) is 13.2. The second-order valence-corrected chi connectivity index (χ2v) is 9.94. The number of aromatic nitrogens is 3. The fraction of sp³-hybridized carbons (Fsp3) is 0.292. The number of thioether (sulfide) groups is 1. The maximum Gasteiger partial charge on any atom is 0.310 e. The molecule has 0 unspecified atom stereocenters. The van der Waals surface area contributed by atoms with Crippen LogP contribution < -0.4 is 14.4 Å². The lowest BCUT2D eigenvalue weighted by Crippen LogP contribution is -2.37. The molecule has 0 saturated carbocycles. The first-order valence-electron chi connectivity index (χ1n) is 11.0. The number of fused-ring (bicyclic) bond motifs is 3. The molecule has 0 N–H and O–H groups in total. The predicted octanol–water partition coefficient (Wildman–Crippen LogP) is 6.22. The van der Waals surface area contributed by atoms with E-state index in [1.165, 1.54) is 16.7 Å². The van der Waals surface area contributed by atoms with Gasteiger partial charge in [0.15, 0.2) is 11.4 Å². The lowest BCUT2D eigenvalue weighted by molar-refractivity contribution is -0.134. The van der Waals surface area contributed by atoms with Crippen molar-refractivity contribution in [2.45, 2.75) is 45.0 Å². The molecule has 1 aromatic heterocycles. The van der Waals surface area contributed by atoms with Gasteiger partial charge in [-0.15, -0.1) is 10.2 Å². The second-order valence-electron chi connectivity index (χ2n) is 7.42. The molecule has 0 bridgehead atoms. The molecule has 11 heteroatoms. The molecule has 0 spiro atoms. The summed E-state index contributed by atoms with van der Waals surface area (Å²) >= 11 is 11.3. The van der Waals surface area contributed by atoms with Gasteiger partial charge in [0, 0.05) is 23.4 Å². The Bertz CT molecular complexity index is 1290. The first-order chi connectivity index (χ1) is 16.9. The number of carbonyl (C=O) groups is 2. The van der Waals surface area contributed by atoms with Gasteiger partial charge in [-0.05, 0) is 39.9 Å². The van der Waals surface area contributed by atoms with Crippen molar-refractivity contribution in [3.05, 3.63) is 51.5 Å². The van der Waals surface area contributed by atoms with Crippen molar-refractivity contribution in [1.29, 1.82) is 0 Å². The Labute approximate surface area is 220 Å². The van der Waals surface area contributed by atoms with Gasteiger partial charge >= 0.3 is 5.97 Å². The molecule has 1 aliphatic heterocycles. The van der Waals surface area contributed by atoms with Gasteiger partial charge in [-0.25, -0.2) is 0 Å². The first kappa shape index (κ1) is 25.4. The lowest BCUT2D eigenvalue weighted by Gasteiger charge is -2.31. The minimum Gasteiger partial charge on any atom is -0.447 e. The zero-order valence-corrected chi connectivity index (χ0v) is 22.4. The average Bonchev–Trinajstić information content (AvgIpc) is 2.99. The van der Waals surface area contributed by atoms with Gasteiger partial charge in [-0.2, -0.15) is 4.98 Å². The minimum absolute atomic E-state index is 0.165. The summed E-state index contributed by atoms with van der Waals surface area (Å²) in [7, 11) is 0. The lowest BCUT2D eigenvalue weighted by atomic mass is 10.1. The largest absolute Gasteiger partial charge is 0.447 e. The number of benzene rings is 2. The summed E-state index contributed by atoms with van der Waals surface area (Å²) in [4.78, 5) is 31.8. The third-order valence-electron chi connectivity index (χ3n) is 5.16. The fourth-order valence-corrected chi connectivity index (χ4v) is 5.02. The number of carbonyl (C=O) groups excluding carboxylic acids is 2. The SMILES string of the molecule is CCSc1nnc2c(n1)O[C@H](c1cc(Cl)cc(Br)c1OC(=O)CC)N(C(=O)CC)c1ccccc1-2. The van der Waals surface area contributed by atoms with E-state index in [2.05, 4.69) is 31.1 Å². The van der Waals surface area contributed by atoms with Crippen LogP contribution in [0.4, 0.5) is 5.69 Å². The summed E-state index contributed by atoms with van der Waals surface area (Å²) in [5.74, 6) is 0.520. The van der Waals surface area contributed by atoms with Crippen molar-refractivity contribution in [3.8, 4) is 22.9 Å². The Kier molecular flexibility index (Phi) is 7.93. The zero-order valence-electron chi connectivity index (χ0n) is 19.2. The summed E-state index contributed by atoms with van der Waals surface area (Å²) in [5, 5.41) is 9.43. The van der Waals surface area contributed by atoms with E-state index >= 15 is 0 Å². The van der Waals surface area contributed by atoms with Crippen LogP contribution >= 0.6 is 39.3 Å². The summed E-state index contributed by atoms with van der Waals surface area (Å²) in [6.07, 6.45) is -0.680. The van der Waals surface area contributed by atoms with Crippen LogP contribution in [0.15, 0.2) is 46.0 Å². The summed E-state index contributed by atoms with van der Waals surface area (Å²) < 4.78 is 12.5. The standard InChI is InChI=1S/C24H22BrClN4O4S/c1-4-18(31)30-17-10-8-7-9-14(17)20-22(27-24(29-28-20)35-6-3)34-23(30)15-11-13(26)12-16(25)21(15)33-19(32)5-2/h7-12,23H,4-6H2,1-3H3/t23-/m1/s1. The number of anilines is 1. The van der Waals surface area contributed by atoms with E-state index in [0.717, 1.165) is 5.75 Å². The van der Waals surface area contributed by atoms with Crippen LogP contribution in [0.5, 0.6) is 11.6 Å². The highest BCUT2D eigenvalue weighted by molar-refractivity contribution is 9.10. The average molecular weight is 578 g/mol. The molecule has 1 aliphatic rings. The number of ether oxygens (including phenoxy) is 2. The number of nitrogens with zero attached hydrogens (tertiary/aromatic N) is 4. The molecule has 4 rings (SSSR count). The van der Waals surface area contributed by atoms with Gasteiger partial charge in [0.25, 0.3) is 0 Å². The van der Waals surface area contributed by atoms with Gasteiger partial charge in [0.1, 0.15) is 0 Å². The van der Waals surface area contributed by atoms with E-state index in [4.69, 9.17) is 21.1 Å². The van der Waals surface area contributed by atoms with Crippen LogP contribution in [0.25, 0.3) is 11.3 Å². The molecule has 35 heavy (non-hydrogen) atoms. The maximum atomic E-state index is 13.4. The molecule has 1 amide bonds. The zero-order chi connectivity index (χ0) is 25.1. The molecule has 3 aromatic rings. The summed E-state index contributed by atoms with van der Waals surface area (Å²) in [5.41, 5.74) is 2.01. The number of esters is 1. The van der Waals surface area contributed by atoms with Gasteiger partial charge in [0.05, 0.1) is 15.7 Å². The normalized spacial score (nSPS) is 14.4. The van der Waals surface area contributed by atoms with E-state index in [1.807, 2.05) is 31.2 Å². The van der Waals surface area contributed by atoms with Crippen LogP contribution in [-0.2, 0) is 9.59 Å². The Morgan fingerprint density at radius 3 is 2.66 bits per heavy atom. The molecular weight excluding hydrogens is 556 g/mol. The van der Waals surface area contributed by atoms with E-state index in [0.29, 0.717) is 37.2 Å². The third-order valence-corrected chi connectivity index (χ3v) is 6.69. The van der Waals surface area contributed by atoms with Crippen molar-refractivity contribution in [2.75, 3.05) is 10.7 Å². The van der Waals surface area contributed by atoms with Crippen LogP contribution in [0, 0.1) is 0 Å². The smallest absolute Gasteiger partial charge is 0.310 e. The van der Waals surface area contributed by atoms with E-state index in [9.17, 15) is 9.59 Å². The third kappa shape index (κ3) is 5.14. The second kappa shape index (κ2) is 10.9. The molecule has 0 fully saturated rings. The molecule has 0 saturated heterocycles. The van der Waals surface area contributed by atoms with Crippen molar-refractivity contribution in [2.24, 2.45) is 0 Å². The van der Waals surface area contributed by atoms with Crippen molar-refractivity contribution < 1.29 is 19.1 Å². The van der Waals surface area contributed by atoms with Crippen LogP contribution in [0.1, 0.15) is 45.4 Å². The maximum absolute atomic E-state index is 13.4. The van der Waals surface area contributed by atoms with Gasteiger partial charge in [0.2, 0.25) is 23.2 Å². The molecular formula is C24H22BrClN4O4S. The molecule has 182 valence electrons. The van der Waals surface area contributed by atoms with Crippen molar-refractivity contribution >= 4 is 56.9 Å². The van der Waals surface area contributed by atoms with Crippen molar-refractivity contribution in [3.63, 3.8) is 0 Å². The van der Waals surface area contributed by atoms with Crippen LogP contribution in [0.3, 0.4) is 0 Å².